The molecule has 2 saturated heterocycles. The predicted octanol–water partition coefficient (Wildman–Crippen LogP) is 0.907. The summed E-state index contributed by atoms with van der Waals surface area (Å²) in [4.78, 5) is 5.08. The normalized spacial score (nSPS) is 35.1. The Morgan fingerprint density at radius 1 is 1.10 bits per heavy atom. The molecule has 0 bridgehead atoms. The number of rotatable bonds is 4. The molecule has 0 aromatic heterocycles. The number of hydrogen-bond acceptors (Lipinski definition) is 4. The molecule has 2 N–H and O–H groups in total. The molecular formula is C16H31N3O. The maximum atomic E-state index is 10.2. The molecule has 20 heavy (non-hydrogen) atoms. The SMILES string of the molecule is C[C@@H]1CN(CCCN2CCC3(CC3)[C@H](O)C2)CCCN1. The van der Waals surface area contributed by atoms with Gasteiger partial charge in [-0.3, -0.25) is 0 Å². The highest BCUT2D eigenvalue weighted by atomic mass is 16.3. The Kier molecular flexibility index (Phi) is 4.65. The van der Waals surface area contributed by atoms with Gasteiger partial charge in [0, 0.05) is 19.1 Å². The lowest BCUT2D eigenvalue weighted by atomic mass is 9.90. The Labute approximate surface area is 123 Å². The molecule has 0 radical (unpaired) electrons. The molecule has 2 aliphatic heterocycles. The minimum Gasteiger partial charge on any atom is -0.391 e. The monoisotopic (exact) mass is 281 g/mol. The first kappa shape index (κ1) is 14.8. The lowest BCUT2D eigenvalue weighted by Crippen LogP contribution is -2.45. The van der Waals surface area contributed by atoms with Crippen molar-refractivity contribution in [1.82, 2.24) is 15.1 Å². The van der Waals surface area contributed by atoms with Gasteiger partial charge in [0.25, 0.3) is 0 Å². The third-order valence-electron chi connectivity index (χ3n) is 5.58. The Hall–Kier alpha value is -0.160. The maximum Gasteiger partial charge on any atom is 0.0723 e. The van der Waals surface area contributed by atoms with Crippen molar-refractivity contribution in [2.75, 3.05) is 45.8 Å². The zero-order valence-corrected chi connectivity index (χ0v) is 13.0. The largest absolute Gasteiger partial charge is 0.391 e. The van der Waals surface area contributed by atoms with Gasteiger partial charge in [0.2, 0.25) is 0 Å². The van der Waals surface area contributed by atoms with E-state index in [1.165, 1.54) is 58.3 Å². The van der Waals surface area contributed by atoms with Crippen LogP contribution in [0.2, 0.25) is 0 Å². The number of β-amino-alcohol motifs (C(OH)–C–C–N with tert-alkyl or cyclic N) is 1. The van der Waals surface area contributed by atoms with E-state index in [1.54, 1.807) is 0 Å². The summed E-state index contributed by atoms with van der Waals surface area (Å²) in [5.41, 5.74) is 0.350. The smallest absolute Gasteiger partial charge is 0.0723 e. The lowest BCUT2D eigenvalue weighted by molar-refractivity contribution is 0.00743. The summed E-state index contributed by atoms with van der Waals surface area (Å²) in [6, 6.07) is 0.629. The van der Waals surface area contributed by atoms with E-state index in [2.05, 4.69) is 22.0 Å². The summed E-state index contributed by atoms with van der Waals surface area (Å²) in [7, 11) is 0. The molecule has 1 aliphatic carbocycles. The number of nitrogens with one attached hydrogen (secondary N) is 1. The topological polar surface area (TPSA) is 38.7 Å². The molecule has 0 amide bonds. The van der Waals surface area contributed by atoms with Crippen LogP contribution in [-0.4, -0.2) is 72.9 Å². The molecule has 1 saturated carbocycles. The van der Waals surface area contributed by atoms with Crippen LogP contribution in [0.5, 0.6) is 0 Å². The molecule has 3 aliphatic rings. The summed E-state index contributed by atoms with van der Waals surface area (Å²) < 4.78 is 0. The molecule has 0 unspecified atom stereocenters. The second-order valence-corrected chi connectivity index (χ2v) is 7.29. The first-order valence-electron chi connectivity index (χ1n) is 8.54. The van der Waals surface area contributed by atoms with Gasteiger partial charge in [-0.2, -0.15) is 0 Å². The number of aliphatic hydroxyl groups is 1. The molecule has 4 heteroatoms. The summed E-state index contributed by atoms with van der Waals surface area (Å²) in [6.07, 6.45) is 6.21. The van der Waals surface area contributed by atoms with Crippen molar-refractivity contribution < 1.29 is 5.11 Å². The zero-order valence-electron chi connectivity index (χ0n) is 13.0. The number of hydrogen-bond donors (Lipinski definition) is 2. The van der Waals surface area contributed by atoms with Crippen molar-refractivity contribution in [3.8, 4) is 0 Å². The van der Waals surface area contributed by atoms with E-state index in [9.17, 15) is 5.11 Å². The second-order valence-electron chi connectivity index (χ2n) is 7.29. The minimum absolute atomic E-state index is 0.0568. The first-order valence-corrected chi connectivity index (χ1v) is 8.54. The van der Waals surface area contributed by atoms with E-state index in [-0.39, 0.29) is 6.10 Å². The summed E-state index contributed by atoms with van der Waals surface area (Å²) in [6.45, 7) is 10.4. The standard InChI is InChI=1S/C16H31N3O/c1-14-12-18(8-2-7-17-14)9-3-10-19-11-6-16(4-5-16)15(20)13-19/h14-15,17,20H,2-13H2,1H3/t14-,15-/m1/s1. The number of aliphatic hydroxyl groups excluding tert-OH is 1. The van der Waals surface area contributed by atoms with E-state index in [4.69, 9.17) is 0 Å². The molecule has 4 nitrogen and oxygen atoms in total. The van der Waals surface area contributed by atoms with Gasteiger partial charge in [0.15, 0.2) is 0 Å². The predicted molar refractivity (Wildman–Crippen MR) is 81.9 cm³/mol. The van der Waals surface area contributed by atoms with E-state index < -0.39 is 0 Å². The van der Waals surface area contributed by atoms with E-state index in [0.717, 1.165) is 19.6 Å². The molecule has 0 aromatic rings. The Bertz CT molecular complexity index is 319. The third kappa shape index (κ3) is 3.53. The third-order valence-corrected chi connectivity index (χ3v) is 5.58. The Morgan fingerprint density at radius 3 is 2.55 bits per heavy atom. The van der Waals surface area contributed by atoms with Gasteiger partial charge in [0.1, 0.15) is 0 Å². The van der Waals surface area contributed by atoms with Crippen molar-refractivity contribution in [3.05, 3.63) is 0 Å². The first-order chi connectivity index (χ1) is 9.68. The lowest BCUT2D eigenvalue weighted by Gasteiger charge is -2.36. The van der Waals surface area contributed by atoms with E-state index in [1.807, 2.05) is 0 Å². The second kappa shape index (κ2) is 6.30. The number of piperidine rings is 1. The molecule has 3 rings (SSSR count). The molecule has 2 heterocycles. The van der Waals surface area contributed by atoms with Gasteiger partial charge < -0.3 is 20.2 Å². The Balaban J connectivity index is 1.35. The van der Waals surface area contributed by atoms with Crippen LogP contribution in [0.25, 0.3) is 0 Å². The van der Waals surface area contributed by atoms with Crippen molar-refractivity contribution in [2.45, 2.75) is 51.2 Å². The minimum atomic E-state index is -0.0568. The van der Waals surface area contributed by atoms with E-state index in [0.29, 0.717) is 11.5 Å². The van der Waals surface area contributed by atoms with Crippen LogP contribution in [0.4, 0.5) is 0 Å². The van der Waals surface area contributed by atoms with Gasteiger partial charge in [0.05, 0.1) is 6.10 Å². The van der Waals surface area contributed by atoms with Gasteiger partial charge in [-0.1, -0.05) is 0 Å². The molecule has 3 fully saturated rings. The average molecular weight is 281 g/mol. The molecule has 1 spiro atoms. The van der Waals surface area contributed by atoms with Gasteiger partial charge in [-0.25, -0.2) is 0 Å². The Morgan fingerprint density at radius 2 is 1.85 bits per heavy atom. The fourth-order valence-corrected chi connectivity index (χ4v) is 3.94. The van der Waals surface area contributed by atoms with Crippen LogP contribution < -0.4 is 5.32 Å². The zero-order chi connectivity index (χ0) is 14.0. The van der Waals surface area contributed by atoms with Crippen LogP contribution in [0.1, 0.15) is 39.0 Å². The average Bonchev–Trinajstić information content (AvgIpc) is 3.21. The maximum absolute atomic E-state index is 10.2. The van der Waals surface area contributed by atoms with Crippen LogP contribution in [-0.2, 0) is 0 Å². The summed E-state index contributed by atoms with van der Waals surface area (Å²) in [5, 5.41) is 13.8. The van der Waals surface area contributed by atoms with Crippen LogP contribution in [0.15, 0.2) is 0 Å². The highest BCUT2D eigenvalue weighted by Crippen LogP contribution is 2.53. The quantitative estimate of drug-likeness (QED) is 0.803. The fourth-order valence-electron chi connectivity index (χ4n) is 3.94. The van der Waals surface area contributed by atoms with Crippen LogP contribution in [0, 0.1) is 5.41 Å². The van der Waals surface area contributed by atoms with E-state index >= 15 is 0 Å². The number of likely N-dealkylation sites (tertiary alicyclic amines) is 1. The van der Waals surface area contributed by atoms with Gasteiger partial charge in [-0.15, -0.1) is 0 Å². The molecule has 0 aromatic carbocycles. The van der Waals surface area contributed by atoms with Crippen LogP contribution >= 0.6 is 0 Å². The van der Waals surface area contributed by atoms with Crippen LogP contribution in [0.3, 0.4) is 0 Å². The van der Waals surface area contributed by atoms with Gasteiger partial charge >= 0.3 is 0 Å². The van der Waals surface area contributed by atoms with Crippen molar-refractivity contribution in [3.63, 3.8) is 0 Å². The number of nitrogens with zero attached hydrogens (tertiary/aromatic N) is 2. The van der Waals surface area contributed by atoms with Crippen molar-refractivity contribution in [1.29, 1.82) is 0 Å². The highest BCUT2D eigenvalue weighted by Gasteiger charge is 2.50. The molecule has 116 valence electrons. The fraction of sp³-hybridized carbons (Fsp3) is 1.00. The summed E-state index contributed by atoms with van der Waals surface area (Å²) in [5.74, 6) is 0. The molecular weight excluding hydrogens is 250 g/mol. The molecule has 2 atom stereocenters. The van der Waals surface area contributed by atoms with Gasteiger partial charge in [-0.05, 0) is 77.2 Å². The highest BCUT2D eigenvalue weighted by molar-refractivity contribution is 5.02. The van der Waals surface area contributed by atoms with Crippen molar-refractivity contribution >= 4 is 0 Å². The van der Waals surface area contributed by atoms with Crippen molar-refractivity contribution in [2.24, 2.45) is 5.41 Å². The summed E-state index contributed by atoms with van der Waals surface area (Å²) >= 11 is 0.